The molecule has 5 heteroatoms. The number of aliphatic hydroxyl groups excluding tert-OH is 1. The van der Waals surface area contributed by atoms with Gasteiger partial charge in [0.25, 0.3) is 0 Å². The van der Waals surface area contributed by atoms with E-state index < -0.39 is 11.8 Å². The predicted molar refractivity (Wildman–Crippen MR) is 55.6 cm³/mol. The molecule has 0 aromatic carbocycles. The molecule has 0 radical (unpaired) electrons. The van der Waals surface area contributed by atoms with Crippen LogP contribution in [0.3, 0.4) is 0 Å². The summed E-state index contributed by atoms with van der Waals surface area (Å²) in [6, 6.07) is 2.73. The van der Waals surface area contributed by atoms with Crippen LogP contribution in [-0.2, 0) is 11.2 Å². The smallest absolute Gasteiger partial charge is 0.359 e. The zero-order valence-corrected chi connectivity index (χ0v) is 9.07. The van der Waals surface area contributed by atoms with E-state index in [0.29, 0.717) is 18.5 Å². The molecule has 0 fully saturated rings. The Balaban J connectivity index is 2.77. The van der Waals surface area contributed by atoms with Gasteiger partial charge in [0.1, 0.15) is 0 Å². The van der Waals surface area contributed by atoms with Crippen LogP contribution in [0.1, 0.15) is 29.0 Å². The third kappa shape index (κ3) is 3.27. The number of hydrogen-bond donors (Lipinski definition) is 1. The van der Waals surface area contributed by atoms with Crippen molar-refractivity contribution >= 4 is 5.97 Å². The van der Waals surface area contributed by atoms with Crippen LogP contribution >= 0.6 is 0 Å². The fraction of sp³-hybridized carbons (Fsp3) is 0.455. The van der Waals surface area contributed by atoms with Gasteiger partial charge in [-0.15, -0.1) is 0 Å². The van der Waals surface area contributed by atoms with Crippen LogP contribution in [0.4, 0.5) is 4.39 Å². The number of hydrogen-bond acceptors (Lipinski definition) is 4. The highest BCUT2D eigenvalue weighted by Gasteiger charge is 2.14. The lowest BCUT2D eigenvalue weighted by Crippen LogP contribution is -2.09. The monoisotopic (exact) mass is 227 g/mol. The van der Waals surface area contributed by atoms with Gasteiger partial charge in [0, 0.05) is 12.3 Å². The number of carbonyl (C=O) groups is 1. The van der Waals surface area contributed by atoms with Gasteiger partial charge in [-0.1, -0.05) is 0 Å². The number of ether oxygens (including phenoxy) is 1. The number of pyridine rings is 1. The van der Waals surface area contributed by atoms with Gasteiger partial charge in [0.05, 0.1) is 7.11 Å². The number of halogens is 1. The molecule has 88 valence electrons. The van der Waals surface area contributed by atoms with Crippen LogP contribution in [0.15, 0.2) is 12.1 Å². The Hall–Kier alpha value is -1.49. The lowest BCUT2D eigenvalue weighted by atomic mass is 10.1. The summed E-state index contributed by atoms with van der Waals surface area (Å²) in [5.41, 5.74) is 0.333. The number of unbranched alkanes of at least 4 members (excludes halogenated alkanes) is 1. The van der Waals surface area contributed by atoms with Crippen LogP contribution in [0.2, 0.25) is 0 Å². The number of methoxy groups -OCH3 is 1. The number of aliphatic hydroxyl groups is 1. The first-order valence-electron chi connectivity index (χ1n) is 5.03. The van der Waals surface area contributed by atoms with Crippen molar-refractivity contribution in [3.05, 3.63) is 29.3 Å². The molecule has 0 aliphatic carbocycles. The van der Waals surface area contributed by atoms with Crippen molar-refractivity contribution in [3.63, 3.8) is 0 Å². The average Bonchev–Trinajstić information content (AvgIpc) is 2.30. The molecule has 1 aromatic rings. The molecule has 0 saturated carbocycles. The second kappa shape index (κ2) is 6.17. The molecule has 0 aliphatic rings. The summed E-state index contributed by atoms with van der Waals surface area (Å²) < 4.78 is 17.6. The summed E-state index contributed by atoms with van der Waals surface area (Å²) >= 11 is 0. The van der Waals surface area contributed by atoms with E-state index in [1.807, 2.05) is 0 Å². The van der Waals surface area contributed by atoms with E-state index in [0.717, 1.165) is 6.42 Å². The maximum absolute atomic E-state index is 13.2. The zero-order valence-electron chi connectivity index (χ0n) is 9.07. The lowest BCUT2D eigenvalue weighted by molar-refractivity contribution is 0.0588. The number of carbonyl (C=O) groups excluding carboxylic acids is 1. The Morgan fingerprint density at radius 1 is 1.50 bits per heavy atom. The minimum Gasteiger partial charge on any atom is -0.464 e. The minimum atomic E-state index is -0.776. The van der Waals surface area contributed by atoms with Crippen LogP contribution in [-0.4, -0.2) is 29.8 Å². The molecule has 0 saturated heterocycles. The second-order valence-electron chi connectivity index (χ2n) is 3.31. The molecule has 0 aliphatic heterocycles. The molecular weight excluding hydrogens is 213 g/mol. The van der Waals surface area contributed by atoms with Gasteiger partial charge in [-0.25, -0.2) is 14.2 Å². The molecular formula is C11H14FNO3. The number of nitrogens with zero attached hydrogens (tertiary/aromatic N) is 1. The summed E-state index contributed by atoms with van der Waals surface area (Å²) in [7, 11) is 1.18. The molecule has 16 heavy (non-hydrogen) atoms. The van der Waals surface area contributed by atoms with Crippen molar-refractivity contribution in [1.29, 1.82) is 0 Å². The van der Waals surface area contributed by atoms with Crippen molar-refractivity contribution < 1.29 is 19.0 Å². The van der Waals surface area contributed by atoms with E-state index in [4.69, 9.17) is 5.11 Å². The Bertz CT molecular complexity index is 368. The second-order valence-corrected chi connectivity index (χ2v) is 3.31. The first-order valence-corrected chi connectivity index (χ1v) is 5.03. The van der Waals surface area contributed by atoms with E-state index in [-0.39, 0.29) is 12.3 Å². The van der Waals surface area contributed by atoms with Gasteiger partial charge in [-0.3, -0.25) is 0 Å². The van der Waals surface area contributed by atoms with Crippen molar-refractivity contribution in [1.82, 2.24) is 4.98 Å². The summed E-state index contributed by atoms with van der Waals surface area (Å²) in [5, 5.41) is 8.61. The van der Waals surface area contributed by atoms with Gasteiger partial charge in [0.15, 0.2) is 11.5 Å². The highest BCUT2D eigenvalue weighted by Crippen LogP contribution is 2.09. The number of aryl methyl sites for hydroxylation is 1. The van der Waals surface area contributed by atoms with Crippen LogP contribution < -0.4 is 0 Å². The number of rotatable bonds is 5. The largest absolute Gasteiger partial charge is 0.464 e. The fourth-order valence-electron chi connectivity index (χ4n) is 1.28. The van der Waals surface area contributed by atoms with Gasteiger partial charge in [0.2, 0.25) is 0 Å². The molecule has 0 bridgehead atoms. The average molecular weight is 227 g/mol. The standard InChI is InChI=1S/C11H14FNO3/c1-16-11(15)10-9(12)6-5-8(13-10)4-2-3-7-14/h5-6,14H,2-4,7H2,1H3. The molecule has 0 amide bonds. The van der Waals surface area contributed by atoms with E-state index in [2.05, 4.69) is 9.72 Å². The first kappa shape index (κ1) is 12.6. The first-order chi connectivity index (χ1) is 7.69. The molecule has 0 atom stereocenters. The van der Waals surface area contributed by atoms with Gasteiger partial charge in [-0.2, -0.15) is 0 Å². The maximum Gasteiger partial charge on any atom is 0.359 e. The Morgan fingerprint density at radius 2 is 2.25 bits per heavy atom. The van der Waals surface area contributed by atoms with E-state index in [1.165, 1.54) is 19.2 Å². The predicted octanol–water partition coefficient (Wildman–Crippen LogP) is 1.32. The Morgan fingerprint density at radius 3 is 2.88 bits per heavy atom. The molecule has 0 spiro atoms. The highest BCUT2D eigenvalue weighted by atomic mass is 19.1. The Kier molecular flexibility index (Phi) is 4.85. The maximum atomic E-state index is 13.2. The van der Waals surface area contributed by atoms with Gasteiger partial charge < -0.3 is 9.84 Å². The molecule has 1 heterocycles. The van der Waals surface area contributed by atoms with E-state index >= 15 is 0 Å². The molecule has 1 rings (SSSR count). The van der Waals surface area contributed by atoms with Crippen LogP contribution in [0.5, 0.6) is 0 Å². The summed E-state index contributed by atoms with van der Waals surface area (Å²) in [5.74, 6) is -1.46. The molecule has 4 nitrogen and oxygen atoms in total. The molecule has 0 unspecified atom stereocenters. The summed E-state index contributed by atoms with van der Waals surface area (Å²) in [6.07, 6.45) is 2.01. The number of aromatic nitrogens is 1. The van der Waals surface area contributed by atoms with Crippen molar-refractivity contribution in [2.75, 3.05) is 13.7 Å². The topological polar surface area (TPSA) is 59.4 Å². The van der Waals surface area contributed by atoms with Crippen molar-refractivity contribution in [2.24, 2.45) is 0 Å². The van der Waals surface area contributed by atoms with Gasteiger partial charge >= 0.3 is 5.97 Å². The van der Waals surface area contributed by atoms with Crippen LogP contribution in [0, 0.1) is 5.82 Å². The third-order valence-corrected chi connectivity index (χ3v) is 2.12. The molecule has 1 N–H and O–H groups in total. The SMILES string of the molecule is COC(=O)c1nc(CCCCO)ccc1F. The lowest BCUT2D eigenvalue weighted by Gasteiger charge is -2.04. The van der Waals surface area contributed by atoms with Crippen molar-refractivity contribution in [2.45, 2.75) is 19.3 Å². The minimum absolute atomic E-state index is 0.116. The molecule has 1 aromatic heterocycles. The van der Waals surface area contributed by atoms with Crippen LogP contribution in [0.25, 0.3) is 0 Å². The Labute approximate surface area is 93.1 Å². The zero-order chi connectivity index (χ0) is 12.0. The summed E-state index contributed by atoms with van der Waals surface area (Å²) in [6.45, 7) is 0.116. The van der Waals surface area contributed by atoms with E-state index in [9.17, 15) is 9.18 Å². The fourth-order valence-corrected chi connectivity index (χ4v) is 1.28. The quantitative estimate of drug-likeness (QED) is 0.609. The van der Waals surface area contributed by atoms with Crippen molar-refractivity contribution in [3.8, 4) is 0 Å². The third-order valence-electron chi connectivity index (χ3n) is 2.12. The number of esters is 1. The van der Waals surface area contributed by atoms with Gasteiger partial charge in [-0.05, 0) is 31.4 Å². The van der Waals surface area contributed by atoms with E-state index in [1.54, 1.807) is 0 Å². The summed E-state index contributed by atoms with van der Waals surface area (Å²) in [4.78, 5) is 15.0. The highest BCUT2D eigenvalue weighted by molar-refractivity contribution is 5.87. The normalized spacial score (nSPS) is 10.2.